The van der Waals surface area contributed by atoms with Crippen molar-refractivity contribution in [1.82, 2.24) is 9.55 Å². The second-order valence-corrected chi connectivity index (χ2v) is 7.88. The Labute approximate surface area is 173 Å². The highest BCUT2D eigenvalue weighted by Gasteiger charge is 2.17. The second kappa shape index (κ2) is 6.82. The van der Waals surface area contributed by atoms with Crippen LogP contribution >= 0.6 is 11.3 Å². The first-order valence-corrected chi connectivity index (χ1v) is 10.0. The van der Waals surface area contributed by atoms with Gasteiger partial charge >= 0.3 is 5.69 Å². The van der Waals surface area contributed by atoms with E-state index in [9.17, 15) is 14.4 Å². The van der Waals surface area contributed by atoms with Gasteiger partial charge < -0.3 is 10.7 Å². The highest BCUT2D eigenvalue weighted by molar-refractivity contribution is 7.22. The van der Waals surface area contributed by atoms with Crippen LogP contribution in [0.15, 0.2) is 82.4 Å². The minimum atomic E-state index is -0.551. The van der Waals surface area contributed by atoms with Gasteiger partial charge in [0, 0.05) is 21.4 Å². The Hall–Kier alpha value is -3.97. The van der Waals surface area contributed by atoms with E-state index < -0.39 is 17.2 Å². The molecule has 0 aliphatic rings. The SMILES string of the molecule is NC(=O)c1ccccc1-c1cc2[nH]c(=O)n(-c3cccc4ccccc34)c(=O)c2s1. The highest BCUT2D eigenvalue weighted by atomic mass is 32.1. The van der Waals surface area contributed by atoms with E-state index in [1.165, 1.54) is 11.3 Å². The van der Waals surface area contributed by atoms with Gasteiger partial charge in [0.05, 0.1) is 11.2 Å². The number of fused-ring (bicyclic) bond motifs is 2. The van der Waals surface area contributed by atoms with Crippen LogP contribution in [0, 0.1) is 0 Å². The van der Waals surface area contributed by atoms with E-state index in [-0.39, 0.29) is 0 Å². The molecular weight excluding hydrogens is 398 g/mol. The molecule has 3 N–H and O–H groups in total. The number of rotatable bonds is 3. The van der Waals surface area contributed by atoms with Crippen LogP contribution in [0.1, 0.15) is 10.4 Å². The molecular formula is C23H15N3O3S. The molecule has 6 nitrogen and oxygen atoms in total. The summed E-state index contributed by atoms with van der Waals surface area (Å²) in [4.78, 5) is 41.5. The summed E-state index contributed by atoms with van der Waals surface area (Å²) in [5.41, 5.74) is 6.52. The van der Waals surface area contributed by atoms with Gasteiger partial charge in [-0.2, -0.15) is 0 Å². The van der Waals surface area contributed by atoms with Gasteiger partial charge in [0.2, 0.25) is 5.91 Å². The van der Waals surface area contributed by atoms with Gasteiger partial charge in [-0.05, 0) is 23.6 Å². The van der Waals surface area contributed by atoms with Gasteiger partial charge in [-0.3, -0.25) is 9.59 Å². The van der Waals surface area contributed by atoms with E-state index in [2.05, 4.69) is 4.98 Å². The number of amides is 1. The van der Waals surface area contributed by atoms with Crippen molar-refractivity contribution in [3.8, 4) is 16.1 Å². The number of carbonyl (C=O) groups is 1. The van der Waals surface area contributed by atoms with Gasteiger partial charge in [-0.1, -0.05) is 54.6 Å². The van der Waals surface area contributed by atoms with Gasteiger partial charge in [-0.15, -0.1) is 11.3 Å². The number of H-pyrrole nitrogens is 1. The maximum atomic E-state index is 13.3. The topological polar surface area (TPSA) is 97.9 Å². The summed E-state index contributed by atoms with van der Waals surface area (Å²) in [5.74, 6) is -0.551. The number of hydrogen-bond acceptors (Lipinski definition) is 4. The fourth-order valence-electron chi connectivity index (χ4n) is 3.68. The van der Waals surface area contributed by atoms with E-state index in [0.717, 1.165) is 15.3 Å². The van der Waals surface area contributed by atoms with Crippen molar-refractivity contribution >= 4 is 38.2 Å². The Balaban J connectivity index is 1.79. The van der Waals surface area contributed by atoms with Crippen LogP contribution in [0.25, 0.3) is 37.1 Å². The zero-order valence-corrected chi connectivity index (χ0v) is 16.4. The molecule has 0 bridgehead atoms. The summed E-state index contributed by atoms with van der Waals surface area (Å²) >= 11 is 1.22. The summed E-state index contributed by atoms with van der Waals surface area (Å²) in [7, 11) is 0. The van der Waals surface area contributed by atoms with Crippen molar-refractivity contribution in [2.45, 2.75) is 0 Å². The predicted molar refractivity (Wildman–Crippen MR) is 120 cm³/mol. The van der Waals surface area contributed by atoms with Gasteiger partial charge in [0.25, 0.3) is 5.56 Å². The normalized spacial score (nSPS) is 11.2. The van der Waals surface area contributed by atoms with Crippen LogP contribution < -0.4 is 17.0 Å². The van der Waals surface area contributed by atoms with E-state index >= 15 is 0 Å². The largest absolute Gasteiger partial charge is 0.366 e. The Kier molecular flexibility index (Phi) is 4.11. The fourth-order valence-corrected chi connectivity index (χ4v) is 4.76. The van der Waals surface area contributed by atoms with Crippen LogP contribution in [0.2, 0.25) is 0 Å². The van der Waals surface area contributed by atoms with Crippen molar-refractivity contribution in [2.75, 3.05) is 0 Å². The monoisotopic (exact) mass is 413 g/mol. The van der Waals surface area contributed by atoms with Crippen LogP contribution in [0.5, 0.6) is 0 Å². The zero-order valence-electron chi connectivity index (χ0n) is 15.6. The van der Waals surface area contributed by atoms with Crippen LogP contribution in [-0.2, 0) is 0 Å². The minimum Gasteiger partial charge on any atom is -0.366 e. The molecule has 2 heterocycles. The number of carbonyl (C=O) groups excluding carboxylic acids is 1. The number of hydrogen-bond donors (Lipinski definition) is 2. The molecule has 5 aromatic rings. The zero-order chi connectivity index (χ0) is 20.8. The third-order valence-electron chi connectivity index (χ3n) is 5.04. The van der Waals surface area contributed by atoms with E-state index in [4.69, 9.17) is 5.73 Å². The molecule has 0 atom stereocenters. The average Bonchev–Trinajstić information content (AvgIpc) is 3.18. The highest BCUT2D eigenvalue weighted by Crippen LogP contribution is 2.33. The van der Waals surface area contributed by atoms with Crippen molar-refractivity contribution in [1.29, 1.82) is 0 Å². The lowest BCUT2D eigenvalue weighted by Gasteiger charge is -2.08. The number of nitrogens with two attached hydrogens (primary N) is 1. The Morgan fingerprint density at radius 3 is 2.50 bits per heavy atom. The number of aromatic nitrogens is 2. The van der Waals surface area contributed by atoms with Crippen LogP contribution in [0.4, 0.5) is 0 Å². The standard InChI is InChI=1S/C23H15N3O3S/c24-21(27)16-10-4-3-9-15(16)19-12-17-20(30-19)22(28)26(23(29)25-17)18-11-5-7-13-6-1-2-8-14(13)18/h1-12H,(H2,24,27)(H,25,29). The van der Waals surface area contributed by atoms with Crippen LogP contribution in [-0.4, -0.2) is 15.5 Å². The predicted octanol–water partition coefficient (Wildman–Crippen LogP) is 3.66. The number of benzene rings is 3. The summed E-state index contributed by atoms with van der Waals surface area (Å²) in [5, 5.41) is 1.74. The van der Waals surface area contributed by atoms with E-state index in [1.807, 2.05) is 36.4 Å². The van der Waals surface area contributed by atoms with E-state index in [0.29, 0.717) is 31.9 Å². The Morgan fingerprint density at radius 1 is 0.933 bits per heavy atom. The molecule has 146 valence electrons. The lowest BCUT2D eigenvalue weighted by atomic mass is 10.1. The molecule has 0 unspecified atom stereocenters. The number of nitrogens with zero attached hydrogens (tertiary/aromatic N) is 1. The smallest absolute Gasteiger partial charge is 0.333 e. The molecule has 0 fully saturated rings. The molecule has 0 spiro atoms. The molecule has 5 rings (SSSR count). The maximum absolute atomic E-state index is 13.3. The maximum Gasteiger partial charge on any atom is 0.333 e. The Bertz CT molecular complexity index is 1570. The summed E-state index contributed by atoms with van der Waals surface area (Å²) in [6.07, 6.45) is 0. The van der Waals surface area contributed by atoms with Crippen LogP contribution in [0.3, 0.4) is 0 Å². The number of aromatic amines is 1. The summed E-state index contributed by atoms with van der Waals surface area (Å²) in [6, 6.07) is 21.7. The molecule has 0 saturated carbocycles. The molecule has 3 aromatic carbocycles. The average molecular weight is 413 g/mol. The van der Waals surface area contributed by atoms with Crippen molar-refractivity contribution in [2.24, 2.45) is 5.73 Å². The van der Waals surface area contributed by atoms with Crippen molar-refractivity contribution in [3.63, 3.8) is 0 Å². The third kappa shape index (κ3) is 2.75. The first-order chi connectivity index (χ1) is 14.5. The molecule has 30 heavy (non-hydrogen) atoms. The third-order valence-corrected chi connectivity index (χ3v) is 6.20. The molecule has 0 saturated heterocycles. The van der Waals surface area contributed by atoms with E-state index in [1.54, 1.807) is 36.4 Å². The van der Waals surface area contributed by atoms with Gasteiger partial charge in [0.15, 0.2) is 0 Å². The molecule has 0 radical (unpaired) electrons. The first kappa shape index (κ1) is 18.1. The fraction of sp³-hybridized carbons (Fsp3) is 0. The quantitative estimate of drug-likeness (QED) is 0.472. The van der Waals surface area contributed by atoms with Crippen molar-refractivity contribution < 1.29 is 4.79 Å². The minimum absolute atomic E-state index is 0.362. The lowest BCUT2D eigenvalue weighted by molar-refractivity contribution is 0.100. The number of primary amides is 1. The number of nitrogens with one attached hydrogen (secondary N) is 1. The van der Waals surface area contributed by atoms with Crippen molar-refractivity contribution in [3.05, 3.63) is 99.2 Å². The summed E-state index contributed by atoms with van der Waals surface area (Å²) < 4.78 is 1.56. The molecule has 2 aromatic heterocycles. The molecule has 1 amide bonds. The summed E-state index contributed by atoms with van der Waals surface area (Å²) in [6.45, 7) is 0. The molecule has 7 heteroatoms. The number of thiophene rings is 1. The molecule has 0 aliphatic carbocycles. The first-order valence-electron chi connectivity index (χ1n) is 9.21. The second-order valence-electron chi connectivity index (χ2n) is 6.83. The molecule has 0 aliphatic heterocycles. The van der Waals surface area contributed by atoms with Gasteiger partial charge in [-0.25, -0.2) is 9.36 Å². The lowest BCUT2D eigenvalue weighted by Crippen LogP contribution is -2.33. The Morgan fingerprint density at radius 2 is 1.67 bits per heavy atom. The van der Waals surface area contributed by atoms with Gasteiger partial charge in [0.1, 0.15) is 4.70 Å².